The highest BCUT2D eigenvalue weighted by atomic mass is 32.2. The molecule has 1 rings (SSSR count). The first-order valence-electron chi connectivity index (χ1n) is 6.98. The second-order valence-corrected chi connectivity index (χ2v) is 7.13. The van der Waals surface area contributed by atoms with Gasteiger partial charge in [0.15, 0.2) is 0 Å². The molecule has 1 aliphatic carbocycles. The predicted molar refractivity (Wildman–Crippen MR) is 76.2 cm³/mol. The van der Waals surface area contributed by atoms with Gasteiger partial charge >= 0.3 is 0 Å². The molecule has 1 nitrogen and oxygen atoms in total. The normalized spacial score (nSPS) is 29.8. The zero-order chi connectivity index (χ0) is 12.0. The quantitative estimate of drug-likeness (QED) is 0.798. The summed E-state index contributed by atoms with van der Waals surface area (Å²) < 4.78 is 0. The van der Waals surface area contributed by atoms with Gasteiger partial charge in [-0.2, -0.15) is 11.8 Å². The number of nitrogens with one attached hydrogen (secondary N) is 1. The van der Waals surface area contributed by atoms with Crippen molar-refractivity contribution in [1.29, 1.82) is 0 Å². The fourth-order valence-corrected chi connectivity index (χ4v) is 4.01. The van der Waals surface area contributed by atoms with Crippen molar-refractivity contribution < 1.29 is 0 Å². The summed E-state index contributed by atoms with van der Waals surface area (Å²) >= 11 is 2.22. The maximum Gasteiger partial charge on any atom is 0.0203 e. The lowest BCUT2D eigenvalue weighted by molar-refractivity contribution is 0.418. The first kappa shape index (κ1) is 14.4. The molecule has 1 N–H and O–H groups in total. The van der Waals surface area contributed by atoms with E-state index in [1.165, 1.54) is 38.5 Å². The Bertz CT molecular complexity index is 182. The maximum absolute atomic E-state index is 3.55. The van der Waals surface area contributed by atoms with E-state index in [1.54, 1.807) is 0 Å². The van der Waals surface area contributed by atoms with Gasteiger partial charge < -0.3 is 5.32 Å². The van der Waals surface area contributed by atoms with E-state index in [-0.39, 0.29) is 0 Å². The third-order valence-corrected chi connectivity index (χ3v) is 5.79. The lowest BCUT2D eigenvalue weighted by atomic mass is 9.96. The van der Waals surface area contributed by atoms with Crippen molar-refractivity contribution in [3.8, 4) is 0 Å². The highest BCUT2D eigenvalue weighted by Crippen LogP contribution is 2.32. The summed E-state index contributed by atoms with van der Waals surface area (Å²) in [4.78, 5) is 0. The molecule has 1 saturated carbocycles. The fourth-order valence-electron chi connectivity index (χ4n) is 2.38. The second kappa shape index (κ2) is 7.60. The van der Waals surface area contributed by atoms with Crippen LogP contribution in [0.25, 0.3) is 0 Å². The maximum atomic E-state index is 3.55. The minimum atomic E-state index is 0.742. The van der Waals surface area contributed by atoms with Crippen molar-refractivity contribution in [3.63, 3.8) is 0 Å². The molecule has 0 aliphatic heterocycles. The van der Waals surface area contributed by atoms with Crippen LogP contribution in [0.3, 0.4) is 0 Å². The molecule has 0 aromatic heterocycles. The van der Waals surface area contributed by atoms with E-state index < -0.39 is 0 Å². The van der Waals surface area contributed by atoms with Crippen molar-refractivity contribution in [2.45, 2.75) is 75.8 Å². The van der Waals surface area contributed by atoms with Gasteiger partial charge in [0.25, 0.3) is 0 Å². The summed E-state index contributed by atoms with van der Waals surface area (Å²) in [6.45, 7) is 7.07. The van der Waals surface area contributed by atoms with Crippen molar-refractivity contribution in [1.82, 2.24) is 5.32 Å². The minimum Gasteiger partial charge on any atom is -0.316 e. The highest BCUT2D eigenvalue weighted by Gasteiger charge is 2.24. The van der Waals surface area contributed by atoms with Crippen LogP contribution in [0.2, 0.25) is 0 Å². The van der Waals surface area contributed by atoms with Crippen LogP contribution in [-0.2, 0) is 0 Å². The summed E-state index contributed by atoms with van der Waals surface area (Å²) in [6, 6.07) is 0.742. The van der Waals surface area contributed by atoms with E-state index in [0.29, 0.717) is 0 Å². The van der Waals surface area contributed by atoms with Crippen LogP contribution < -0.4 is 5.32 Å². The first-order valence-corrected chi connectivity index (χ1v) is 7.92. The Kier molecular flexibility index (Phi) is 6.83. The van der Waals surface area contributed by atoms with Gasteiger partial charge in [-0.15, -0.1) is 0 Å². The molecule has 0 heterocycles. The van der Waals surface area contributed by atoms with Crippen LogP contribution in [0.1, 0.15) is 59.3 Å². The van der Waals surface area contributed by atoms with Crippen molar-refractivity contribution >= 4 is 11.8 Å². The molecule has 0 spiro atoms. The van der Waals surface area contributed by atoms with Gasteiger partial charge in [0.2, 0.25) is 0 Å². The Morgan fingerprint density at radius 1 is 1.00 bits per heavy atom. The monoisotopic (exact) mass is 243 g/mol. The molecule has 1 aliphatic rings. The van der Waals surface area contributed by atoms with E-state index in [9.17, 15) is 0 Å². The summed E-state index contributed by atoms with van der Waals surface area (Å²) in [5.74, 6) is 0.799. The molecular weight excluding hydrogens is 214 g/mol. The minimum absolute atomic E-state index is 0.742. The average molecular weight is 243 g/mol. The SMILES string of the molecule is CNC1CCCCCCC1SC(C)C(C)C. The summed E-state index contributed by atoms with van der Waals surface area (Å²) in [5, 5.41) is 5.17. The molecule has 16 heavy (non-hydrogen) atoms. The van der Waals surface area contributed by atoms with E-state index in [0.717, 1.165) is 22.5 Å². The topological polar surface area (TPSA) is 12.0 Å². The second-order valence-electron chi connectivity index (χ2n) is 5.51. The smallest absolute Gasteiger partial charge is 0.0203 e. The zero-order valence-electron chi connectivity index (χ0n) is 11.5. The van der Waals surface area contributed by atoms with Gasteiger partial charge in [0.05, 0.1) is 0 Å². The van der Waals surface area contributed by atoms with Gasteiger partial charge in [-0.3, -0.25) is 0 Å². The zero-order valence-corrected chi connectivity index (χ0v) is 12.3. The molecular formula is C14H29NS. The molecule has 3 atom stereocenters. The van der Waals surface area contributed by atoms with Gasteiger partial charge in [-0.1, -0.05) is 46.5 Å². The molecule has 0 bridgehead atoms. The Labute approximate surface area is 106 Å². The fraction of sp³-hybridized carbons (Fsp3) is 1.00. The van der Waals surface area contributed by atoms with Crippen molar-refractivity contribution in [2.75, 3.05) is 7.05 Å². The summed E-state index contributed by atoms with van der Waals surface area (Å²) in [7, 11) is 2.14. The molecule has 1 fully saturated rings. The molecule has 0 radical (unpaired) electrons. The lowest BCUT2D eigenvalue weighted by Gasteiger charge is -2.31. The van der Waals surface area contributed by atoms with Crippen LogP contribution in [0, 0.1) is 5.92 Å². The van der Waals surface area contributed by atoms with Crippen LogP contribution in [0.15, 0.2) is 0 Å². The van der Waals surface area contributed by atoms with E-state index in [2.05, 4.69) is 44.9 Å². The van der Waals surface area contributed by atoms with E-state index in [1.807, 2.05) is 0 Å². The summed E-state index contributed by atoms with van der Waals surface area (Å²) in [6.07, 6.45) is 8.52. The first-order chi connectivity index (χ1) is 7.65. The Balaban J connectivity index is 2.49. The van der Waals surface area contributed by atoms with Gasteiger partial charge in [-0.05, 0) is 25.8 Å². The van der Waals surface area contributed by atoms with Crippen LogP contribution in [-0.4, -0.2) is 23.6 Å². The third-order valence-electron chi connectivity index (χ3n) is 3.90. The number of thioether (sulfide) groups is 1. The Morgan fingerprint density at radius 2 is 1.62 bits per heavy atom. The number of hydrogen-bond donors (Lipinski definition) is 1. The van der Waals surface area contributed by atoms with E-state index >= 15 is 0 Å². The molecule has 0 aromatic rings. The van der Waals surface area contributed by atoms with Crippen LogP contribution in [0.4, 0.5) is 0 Å². The molecule has 0 aromatic carbocycles. The number of hydrogen-bond acceptors (Lipinski definition) is 2. The Hall–Kier alpha value is 0.310. The molecule has 0 saturated heterocycles. The molecule has 2 heteroatoms. The Morgan fingerprint density at radius 3 is 2.19 bits per heavy atom. The molecule has 3 unspecified atom stereocenters. The van der Waals surface area contributed by atoms with Gasteiger partial charge in [0, 0.05) is 16.5 Å². The predicted octanol–water partition coefficient (Wildman–Crippen LogP) is 4.07. The van der Waals surface area contributed by atoms with Gasteiger partial charge in [0.1, 0.15) is 0 Å². The van der Waals surface area contributed by atoms with Crippen LogP contribution in [0.5, 0.6) is 0 Å². The van der Waals surface area contributed by atoms with Crippen LogP contribution >= 0.6 is 11.8 Å². The average Bonchev–Trinajstić information content (AvgIpc) is 2.22. The van der Waals surface area contributed by atoms with E-state index in [4.69, 9.17) is 0 Å². The number of rotatable bonds is 4. The van der Waals surface area contributed by atoms with Gasteiger partial charge in [-0.25, -0.2) is 0 Å². The van der Waals surface area contributed by atoms with Crippen molar-refractivity contribution in [3.05, 3.63) is 0 Å². The third kappa shape index (κ3) is 4.67. The highest BCUT2D eigenvalue weighted by molar-refractivity contribution is 8.00. The largest absolute Gasteiger partial charge is 0.316 e. The molecule has 0 amide bonds. The molecule has 96 valence electrons. The standard InChI is InChI=1S/C14H29NS/c1-11(2)12(3)16-14-10-8-6-5-7-9-13(14)15-4/h11-15H,5-10H2,1-4H3. The lowest BCUT2D eigenvalue weighted by Crippen LogP contribution is -2.37. The van der Waals surface area contributed by atoms with Crippen molar-refractivity contribution in [2.24, 2.45) is 5.92 Å². The summed E-state index contributed by atoms with van der Waals surface area (Å²) in [5.41, 5.74) is 0.